The normalized spacial score (nSPS) is 24.2. The summed E-state index contributed by atoms with van der Waals surface area (Å²) in [6.07, 6.45) is 0.216. The summed E-state index contributed by atoms with van der Waals surface area (Å²) in [4.78, 5) is 0. The third-order valence-corrected chi connectivity index (χ3v) is 17.3. The first-order valence-corrected chi connectivity index (χ1v) is 18.3. The Bertz CT molecular complexity index is 582. The number of rotatable bonds is 5. The van der Waals surface area contributed by atoms with Crippen LogP contribution in [0.1, 0.15) is 39.4 Å². The van der Waals surface area contributed by atoms with Gasteiger partial charge in [0.15, 0.2) is 0 Å². The second-order valence-electron chi connectivity index (χ2n) is 8.86. The summed E-state index contributed by atoms with van der Waals surface area (Å²) >= 11 is -2.43. The molecule has 0 aliphatic carbocycles. The van der Waals surface area contributed by atoms with Gasteiger partial charge < -0.3 is 0 Å². The van der Waals surface area contributed by atoms with Gasteiger partial charge in [0.2, 0.25) is 0 Å². The van der Waals surface area contributed by atoms with Crippen LogP contribution in [-0.4, -0.2) is 26.7 Å². The van der Waals surface area contributed by atoms with Crippen LogP contribution in [-0.2, 0) is 3.10 Å². The van der Waals surface area contributed by atoms with Crippen molar-refractivity contribution >= 4 is 26.7 Å². The Balaban J connectivity index is 2.37. The topological polar surface area (TPSA) is 9.23 Å². The molecule has 3 heteroatoms. The maximum atomic E-state index is 6.82. The van der Waals surface area contributed by atoms with E-state index < -0.39 is 26.7 Å². The molecule has 0 spiro atoms. The summed E-state index contributed by atoms with van der Waals surface area (Å²) in [6.45, 7) is 16.4. The van der Waals surface area contributed by atoms with E-state index >= 15 is 0 Å². The van der Waals surface area contributed by atoms with Crippen LogP contribution in [0.25, 0.3) is 0 Å². The quantitative estimate of drug-likeness (QED) is 0.374. The Morgan fingerprint density at radius 1 is 1.00 bits per heavy atom. The first-order valence-electron chi connectivity index (χ1n) is 9.16. The van der Waals surface area contributed by atoms with Crippen molar-refractivity contribution in [2.45, 2.75) is 66.3 Å². The van der Waals surface area contributed by atoms with Gasteiger partial charge in [-0.2, -0.15) is 0 Å². The molecule has 0 aromatic heterocycles. The van der Waals surface area contributed by atoms with E-state index in [1.807, 2.05) is 0 Å². The van der Waals surface area contributed by atoms with Crippen molar-refractivity contribution in [3.05, 3.63) is 35.9 Å². The molecule has 0 N–H and O–H groups in total. The second-order valence-corrected chi connectivity index (χ2v) is 22.5. The van der Waals surface area contributed by atoms with Gasteiger partial charge in [-0.05, 0) is 0 Å². The molecule has 134 valence electrons. The molecule has 2 atom stereocenters. The minimum absolute atomic E-state index is 0.216. The van der Waals surface area contributed by atoms with Crippen molar-refractivity contribution in [2.75, 3.05) is 0 Å². The Kier molecular flexibility index (Phi) is 6.66. The van der Waals surface area contributed by atoms with Gasteiger partial charge in [-0.25, -0.2) is 0 Å². The van der Waals surface area contributed by atoms with Crippen LogP contribution in [0.4, 0.5) is 0 Å². The molecule has 0 bridgehead atoms. The van der Waals surface area contributed by atoms with Crippen molar-refractivity contribution in [3.8, 4) is 11.5 Å². The Morgan fingerprint density at radius 2 is 1.54 bits per heavy atom. The first-order chi connectivity index (χ1) is 11.1. The summed E-state index contributed by atoms with van der Waals surface area (Å²) in [5.41, 5.74) is 5.00. The molecule has 1 aliphatic rings. The molecule has 0 radical (unpaired) electrons. The molecule has 1 aliphatic heterocycles. The number of hydrogen-bond donors (Lipinski definition) is 0. The fourth-order valence-electron chi connectivity index (χ4n) is 3.31. The zero-order valence-corrected chi connectivity index (χ0v) is 19.8. The summed E-state index contributed by atoms with van der Waals surface area (Å²) in [5.74, 6) is 5.19. The van der Waals surface area contributed by atoms with E-state index in [0.717, 1.165) is 0 Å². The molecule has 2 rings (SSSR count). The third kappa shape index (κ3) is 5.12. The van der Waals surface area contributed by atoms with Gasteiger partial charge in [0.25, 0.3) is 0 Å². The van der Waals surface area contributed by atoms with Crippen molar-refractivity contribution in [2.24, 2.45) is 11.8 Å². The summed E-state index contributed by atoms with van der Waals surface area (Å²) in [5, 5.41) is 0. The summed E-state index contributed by atoms with van der Waals surface area (Å²) < 4.78 is 9.90. The standard InChI is InChI=1S/C21H34OSiTe/c1-17(2)15-24(16-18(3)4)20(13-14-23(5,6)7)21(22-24)19-11-9-8-10-12-19/h8-12,17-18,20-21H,15-16H2,1-7H3/t20-,21+/m1/s1. The van der Waals surface area contributed by atoms with Gasteiger partial charge in [-0.3, -0.25) is 0 Å². The monoisotopic (exact) mass is 460 g/mol. The average Bonchev–Trinajstić information content (AvgIpc) is 2.43. The average molecular weight is 458 g/mol. The van der Waals surface area contributed by atoms with Crippen LogP contribution in [0.2, 0.25) is 32.5 Å². The Hall–Kier alpha value is -0.254. The van der Waals surface area contributed by atoms with E-state index in [-0.39, 0.29) is 6.10 Å². The van der Waals surface area contributed by atoms with Gasteiger partial charge in [0, 0.05) is 0 Å². The molecular formula is C21H34OSiTe. The number of benzene rings is 1. The van der Waals surface area contributed by atoms with Crippen LogP contribution >= 0.6 is 0 Å². The van der Waals surface area contributed by atoms with Crippen LogP contribution in [0.15, 0.2) is 30.3 Å². The van der Waals surface area contributed by atoms with Crippen molar-refractivity contribution in [1.29, 1.82) is 0 Å². The van der Waals surface area contributed by atoms with Crippen LogP contribution < -0.4 is 0 Å². The molecule has 1 aromatic rings. The van der Waals surface area contributed by atoms with E-state index in [0.29, 0.717) is 15.8 Å². The van der Waals surface area contributed by atoms with Gasteiger partial charge in [0.1, 0.15) is 0 Å². The minimum atomic E-state index is -2.43. The van der Waals surface area contributed by atoms with Crippen LogP contribution in [0.3, 0.4) is 0 Å². The van der Waals surface area contributed by atoms with E-state index in [9.17, 15) is 0 Å². The molecule has 1 aromatic carbocycles. The fourth-order valence-corrected chi connectivity index (χ4v) is 17.0. The van der Waals surface area contributed by atoms with E-state index in [1.54, 1.807) is 0 Å². The maximum absolute atomic E-state index is 6.82. The molecule has 1 fully saturated rings. The third-order valence-electron chi connectivity index (χ3n) is 3.98. The second kappa shape index (κ2) is 7.97. The molecule has 1 heterocycles. The predicted molar refractivity (Wildman–Crippen MR) is 110 cm³/mol. The molecule has 0 saturated carbocycles. The molecule has 1 saturated heterocycles. The molecule has 1 nitrogen and oxygen atoms in total. The van der Waals surface area contributed by atoms with Gasteiger partial charge in [-0.1, -0.05) is 0 Å². The molecular weight excluding hydrogens is 424 g/mol. The van der Waals surface area contributed by atoms with Crippen molar-refractivity contribution in [3.63, 3.8) is 0 Å². The Morgan fingerprint density at radius 3 is 2.00 bits per heavy atom. The zero-order valence-electron chi connectivity index (χ0n) is 16.4. The zero-order chi connectivity index (χ0) is 18.0. The van der Waals surface area contributed by atoms with E-state index in [2.05, 4.69) is 89.1 Å². The van der Waals surface area contributed by atoms with Gasteiger partial charge in [0.05, 0.1) is 0 Å². The van der Waals surface area contributed by atoms with Crippen molar-refractivity contribution < 1.29 is 3.10 Å². The number of hydrogen-bond acceptors (Lipinski definition) is 1. The van der Waals surface area contributed by atoms with E-state index in [1.165, 1.54) is 14.5 Å². The fraction of sp³-hybridized carbons (Fsp3) is 0.619. The predicted octanol–water partition coefficient (Wildman–Crippen LogP) is 6.27. The molecule has 0 amide bonds. The van der Waals surface area contributed by atoms with Crippen LogP contribution in [0.5, 0.6) is 0 Å². The van der Waals surface area contributed by atoms with Gasteiger partial charge in [-0.15, -0.1) is 0 Å². The first kappa shape index (κ1) is 20.1. The Labute approximate surface area is 154 Å². The van der Waals surface area contributed by atoms with E-state index in [4.69, 9.17) is 3.10 Å². The summed E-state index contributed by atoms with van der Waals surface area (Å²) in [7, 11) is -1.36. The molecule has 24 heavy (non-hydrogen) atoms. The summed E-state index contributed by atoms with van der Waals surface area (Å²) in [6, 6.07) is 10.8. The molecule has 0 unspecified atom stereocenters. The SMILES string of the molecule is CC(C)C[Te]1(CC(C)C)O[C@@H](c2ccccc2)[C@H]1C#C[Si](C)(C)C. The van der Waals surface area contributed by atoms with Crippen molar-refractivity contribution in [1.82, 2.24) is 0 Å². The van der Waals surface area contributed by atoms with Crippen LogP contribution in [0, 0.1) is 23.3 Å². The van der Waals surface area contributed by atoms with Gasteiger partial charge >= 0.3 is 155 Å².